The van der Waals surface area contributed by atoms with Gasteiger partial charge in [-0.15, -0.1) is 0 Å². The Labute approximate surface area is 114 Å². The van der Waals surface area contributed by atoms with Crippen molar-refractivity contribution >= 4 is 40.6 Å². The third-order valence-corrected chi connectivity index (χ3v) is 3.49. The first kappa shape index (κ1) is 15.5. The summed E-state index contributed by atoms with van der Waals surface area (Å²) >= 11 is 11.7. The number of hydrogen-bond acceptors (Lipinski definition) is 4. The highest BCUT2D eigenvalue weighted by molar-refractivity contribution is 7.09. The van der Waals surface area contributed by atoms with Crippen molar-refractivity contribution in [3.05, 3.63) is 15.1 Å². The molecule has 0 radical (unpaired) electrons. The van der Waals surface area contributed by atoms with E-state index >= 15 is 0 Å². The number of carbonyl (C=O) groups is 1. The van der Waals surface area contributed by atoms with Crippen molar-refractivity contribution in [3.63, 3.8) is 0 Å². The molecule has 0 spiro atoms. The van der Waals surface area contributed by atoms with Gasteiger partial charge in [-0.3, -0.25) is 4.79 Å². The molecule has 1 aromatic heterocycles. The van der Waals surface area contributed by atoms with Crippen LogP contribution in [0.25, 0.3) is 0 Å². The minimum atomic E-state index is -4.72. The Balaban J connectivity index is 2.82. The fraction of sp³-hybridized carbons (Fsp3) is 0.500. The molecule has 1 heterocycles. The lowest BCUT2D eigenvalue weighted by Gasteiger charge is -2.20. The van der Waals surface area contributed by atoms with E-state index in [1.54, 1.807) is 5.32 Å². The third kappa shape index (κ3) is 3.71. The topological polar surface area (TPSA) is 51.2 Å². The largest absolute Gasteiger partial charge is 0.433 e. The van der Waals surface area contributed by atoms with E-state index in [1.165, 1.54) is 6.92 Å². The Morgan fingerprint density at radius 3 is 2.56 bits per heavy atom. The molecule has 0 saturated heterocycles. The van der Waals surface area contributed by atoms with Crippen LogP contribution in [-0.4, -0.2) is 29.3 Å². The van der Waals surface area contributed by atoms with Crippen molar-refractivity contribution in [2.45, 2.75) is 19.3 Å². The van der Waals surface area contributed by atoms with Crippen molar-refractivity contribution < 1.29 is 22.7 Å². The maximum Gasteiger partial charge on any atom is 0.433 e. The molecule has 4 nitrogen and oxygen atoms in total. The summed E-state index contributed by atoms with van der Waals surface area (Å²) < 4.78 is 45.4. The second-order valence-electron chi connectivity index (χ2n) is 2.97. The summed E-state index contributed by atoms with van der Waals surface area (Å²) in [6.45, 7) is 1.17. The van der Waals surface area contributed by atoms with E-state index in [9.17, 15) is 18.0 Å². The standard InChI is InChI=1S/C8H7Cl2F3N2O2S/c1-2-17-7(8(11,12)13)14-6(16)4-3(9)5(10)15-18-4/h7H,2H2,1H3,(H,14,16). The highest BCUT2D eigenvalue weighted by atomic mass is 35.5. The quantitative estimate of drug-likeness (QED) is 0.866. The summed E-state index contributed by atoms with van der Waals surface area (Å²) in [5, 5.41) is 1.35. The maximum absolute atomic E-state index is 12.5. The summed E-state index contributed by atoms with van der Waals surface area (Å²) in [7, 11) is 0. The van der Waals surface area contributed by atoms with Gasteiger partial charge in [-0.1, -0.05) is 23.2 Å². The summed E-state index contributed by atoms with van der Waals surface area (Å²) in [6, 6.07) is 0. The number of alkyl halides is 3. The van der Waals surface area contributed by atoms with Crippen LogP contribution in [0, 0.1) is 0 Å². The fourth-order valence-electron chi connectivity index (χ4n) is 0.970. The predicted octanol–water partition coefficient (Wildman–Crippen LogP) is 3.10. The summed E-state index contributed by atoms with van der Waals surface area (Å²) in [5.74, 6) is -1.04. The SMILES string of the molecule is CCOC(NC(=O)c1snc(Cl)c1Cl)C(F)(F)F. The van der Waals surface area contributed by atoms with Crippen LogP contribution in [0.3, 0.4) is 0 Å². The highest BCUT2D eigenvalue weighted by Crippen LogP contribution is 2.29. The van der Waals surface area contributed by atoms with E-state index < -0.39 is 18.3 Å². The zero-order valence-corrected chi connectivity index (χ0v) is 11.2. The fourth-order valence-corrected chi connectivity index (χ4v) is 2.09. The number of carbonyl (C=O) groups excluding carboxylic acids is 1. The van der Waals surface area contributed by atoms with Crippen molar-refractivity contribution in [1.82, 2.24) is 9.69 Å². The van der Waals surface area contributed by atoms with Crippen LogP contribution in [0.5, 0.6) is 0 Å². The van der Waals surface area contributed by atoms with Crippen LogP contribution < -0.4 is 5.32 Å². The lowest BCUT2D eigenvalue weighted by Crippen LogP contribution is -2.47. The smallest absolute Gasteiger partial charge is 0.350 e. The van der Waals surface area contributed by atoms with Gasteiger partial charge in [-0.25, -0.2) is 0 Å². The first-order valence-corrected chi connectivity index (χ1v) is 6.10. The van der Waals surface area contributed by atoms with Crippen molar-refractivity contribution in [2.75, 3.05) is 6.61 Å². The molecular weight excluding hydrogens is 316 g/mol. The minimum absolute atomic E-state index is 0.133. The van der Waals surface area contributed by atoms with Crippen LogP contribution in [0.2, 0.25) is 10.2 Å². The van der Waals surface area contributed by atoms with E-state index in [4.69, 9.17) is 23.2 Å². The normalized spacial score (nSPS) is 13.4. The van der Waals surface area contributed by atoms with Crippen molar-refractivity contribution in [1.29, 1.82) is 0 Å². The third-order valence-electron chi connectivity index (χ3n) is 1.70. The molecule has 1 unspecified atom stereocenters. The first-order chi connectivity index (χ1) is 8.27. The molecule has 1 amide bonds. The van der Waals surface area contributed by atoms with E-state index in [2.05, 4.69) is 9.11 Å². The van der Waals surface area contributed by atoms with Gasteiger partial charge in [0.25, 0.3) is 5.91 Å². The number of nitrogens with zero attached hydrogens (tertiary/aromatic N) is 1. The zero-order valence-electron chi connectivity index (χ0n) is 8.85. The van der Waals surface area contributed by atoms with Crippen LogP contribution in [0.15, 0.2) is 0 Å². The first-order valence-electron chi connectivity index (χ1n) is 4.57. The van der Waals surface area contributed by atoms with Gasteiger partial charge >= 0.3 is 6.18 Å². The number of rotatable bonds is 4. The van der Waals surface area contributed by atoms with Gasteiger partial charge in [-0.2, -0.15) is 17.5 Å². The van der Waals surface area contributed by atoms with Gasteiger partial charge in [0.15, 0.2) is 5.15 Å². The lowest BCUT2D eigenvalue weighted by atomic mass is 10.4. The highest BCUT2D eigenvalue weighted by Gasteiger charge is 2.42. The number of nitrogens with one attached hydrogen (secondary N) is 1. The van der Waals surface area contributed by atoms with E-state index in [1.807, 2.05) is 0 Å². The Hall–Kier alpha value is -0.570. The van der Waals surface area contributed by atoms with Crippen molar-refractivity contribution in [3.8, 4) is 0 Å². The molecule has 1 rings (SSSR count). The van der Waals surface area contributed by atoms with Gasteiger partial charge in [-0.05, 0) is 18.5 Å². The Morgan fingerprint density at radius 1 is 1.56 bits per heavy atom. The van der Waals surface area contributed by atoms with Gasteiger partial charge in [0.1, 0.15) is 9.90 Å². The van der Waals surface area contributed by atoms with Gasteiger partial charge in [0.05, 0.1) is 0 Å². The van der Waals surface area contributed by atoms with Crippen molar-refractivity contribution in [2.24, 2.45) is 0 Å². The molecular formula is C8H7Cl2F3N2O2S. The minimum Gasteiger partial charge on any atom is -0.350 e. The molecule has 0 aliphatic rings. The maximum atomic E-state index is 12.5. The van der Waals surface area contributed by atoms with E-state index in [0.717, 1.165) is 0 Å². The molecule has 0 fully saturated rings. The Morgan fingerprint density at radius 2 is 2.17 bits per heavy atom. The van der Waals surface area contributed by atoms with Crippen LogP contribution in [0.1, 0.15) is 16.6 Å². The van der Waals surface area contributed by atoms with E-state index in [-0.39, 0.29) is 21.7 Å². The molecule has 0 aliphatic carbocycles. The molecule has 0 aromatic carbocycles. The second kappa shape index (κ2) is 6.05. The second-order valence-corrected chi connectivity index (χ2v) is 4.48. The Bertz CT molecular complexity index is 438. The molecule has 10 heteroatoms. The zero-order chi connectivity index (χ0) is 13.9. The van der Waals surface area contributed by atoms with Crippen LogP contribution in [0.4, 0.5) is 13.2 Å². The Kier molecular flexibility index (Phi) is 5.20. The average Bonchev–Trinajstić information content (AvgIpc) is 2.58. The molecule has 1 N–H and O–H groups in total. The molecule has 1 aromatic rings. The number of aromatic nitrogens is 1. The monoisotopic (exact) mass is 322 g/mol. The number of amides is 1. The lowest BCUT2D eigenvalue weighted by molar-refractivity contribution is -0.225. The summed E-state index contributed by atoms with van der Waals surface area (Å²) in [6.07, 6.45) is -7.11. The predicted molar refractivity (Wildman–Crippen MR) is 61.1 cm³/mol. The number of ether oxygens (including phenoxy) is 1. The number of hydrogen-bond donors (Lipinski definition) is 1. The van der Waals surface area contributed by atoms with Gasteiger partial charge in [0, 0.05) is 6.61 Å². The summed E-state index contributed by atoms with van der Waals surface area (Å²) in [5.41, 5.74) is 0. The molecule has 102 valence electrons. The molecule has 1 atom stereocenters. The van der Waals surface area contributed by atoms with Crippen LogP contribution >= 0.6 is 34.7 Å². The van der Waals surface area contributed by atoms with E-state index in [0.29, 0.717) is 11.5 Å². The van der Waals surface area contributed by atoms with Gasteiger partial charge in [0.2, 0.25) is 6.23 Å². The molecule has 18 heavy (non-hydrogen) atoms. The summed E-state index contributed by atoms with van der Waals surface area (Å²) in [4.78, 5) is 11.3. The molecule has 0 aliphatic heterocycles. The van der Waals surface area contributed by atoms with Gasteiger partial charge < -0.3 is 10.1 Å². The molecule has 0 bridgehead atoms. The average molecular weight is 323 g/mol. The number of halogens is 5. The molecule has 0 saturated carbocycles. The van der Waals surface area contributed by atoms with Crippen LogP contribution in [-0.2, 0) is 4.74 Å².